The fourth-order valence-electron chi connectivity index (χ4n) is 7.35. The van der Waals surface area contributed by atoms with Gasteiger partial charge in [-0.2, -0.15) is 15.2 Å². The minimum atomic E-state index is -0.506. The molecule has 0 saturated carbocycles. The maximum Gasteiger partial charge on any atom is 0.410 e. The van der Waals surface area contributed by atoms with Crippen molar-refractivity contribution < 1.29 is 23.4 Å². The van der Waals surface area contributed by atoms with Crippen molar-refractivity contribution in [3.63, 3.8) is 0 Å². The molecule has 3 heterocycles. The van der Waals surface area contributed by atoms with Crippen molar-refractivity contribution in [2.45, 2.75) is 44.4 Å². The van der Waals surface area contributed by atoms with Crippen molar-refractivity contribution in [3.8, 4) is 23.2 Å². The molecule has 274 valence electrons. The number of piperazine rings is 1. The Morgan fingerprint density at radius 3 is 2.53 bits per heavy atom. The molecule has 4 aromatic carbocycles. The van der Waals surface area contributed by atoms with Gasteiger partial charge in [0.2, 0.25) is 0 Å². The van der Waals surface area contributed by atoms with Crippen molar-refractivity contribution >= 4 is 45.2 Å². The Hall–Kier alpha value is -5.02. The lowest BCUT2D eigenvalue weighted by Gasteiger charge is -2.40. The summed E-state index contributed by atoms with van der Waals surface area (Å²) in [6, 6.07) is 26.2. The van der Waals surface area contributed by atoms with Gasteiger partial charge in [0.1, 0.15) is 24.0 Å². The number of hydrogen-bond acceptors (Lipinski definition) is 9. The number of ether oxygens (including phenoxy) is 3. The molecule has 5 aromatic rings. The molecule has 0 N–H and O–H groups in total. The number of nitrogens with zero attached hydrogens (tertiary/aromatic N) is 6. The van der Waals surface area contributed by atoms with E-state index in [-0.39, 0.29) is 37.2 Å². The first-order valence-electron chi connectivity index (χ1n) is 18.1. The molecule has 7 rings (SSSR count). The molecule has 1 aromatic heterocycles. The zero-order valence-corrected chi connectivity index (χ0v) is 30.5. The standard InChI is InChI=1S/C41H42ClFN6O4/c1-51-25-7-20-47-21-17-31(18-22-47)53-40-45-38-34(15-14-33(37(38)43)32-12-5-10-29-11-6-13-35(42)36(29)32)39(46-40)48-23-24-49(30(26-48)16-19-44)41(50)52-27-28-8-3-2-4-9-28/h2-6,8-15,30-31H,7,16-18,20-27H2,1H3/t30-/m0/s1. The number of nitriles is 1. The number of rotatable bonds is 11. The van der Waals surface area contributed by atoms with Crippen molar-refractivity contribution in [1.29, 1.82) is 5.26 Å². The van der Waals surface area contributed by atoms with Crippen LogP contribution in [0.1, 0.15) is 31.2 Å². The molecule has 53 heavy (non-hydrogen) atoms. The average Bonchev–Trinajstić information content (AvgIpc) is 3.18. The van der Waals surface area contributed by atoms with Crippen LogP contribution in [-0.4, -0.2) is 91.0 Å². The Labute approximate surface area is 313 Å². The van der Waals surface area contributed by atoms with E-state index >= 15 is 4.39 Å². The van der Waals surface area contributed by atoms with Crippen molar-refractivity contribution in [3.05, 3.63) is 95.3 Å². The lowest BCUT2D eigenvalue weighted by Crippen LogP contribution is -2.55. The number of carbonyl (C=O) groups excluding carboxylic acids is 1. The van der Waals surface area contributed by atoms with Gasteiger partial charge in [0.25, 0.3) is 0 Å². The number of piperidine rings is 1. The number of amides is 1. The molecule has 0 unspecified atom stereocenters. The summed E-state index contributed by atoms with van der Waals surface area (Å²) in [7, 11) is 1.71. The van der Waals surface area contributed by atoms with Gasteiger partial charge in [-0.15, -0.1) is 0 Å². The highest BCUT2D eigenvalue weighted by Gasteiger charge is 2.34. The van der Waals surface area contributed by atoms with Gasteiger partial charge in [0, 0.05) is 74.3 Å². The highest BCUT2D eigenvalue weighted by molar-refractivity contribution is 6.36. The first kappa shape index (κ1) is 36.3. The van der Waals surface area contributed by atoms with Gasteiger partial charge in [0.15, 0.2) is 5.82 Å². The average molecular weight is 737 g/mol. The van der Waals surface area contributed by atoms with Crippen LogP contribution in [0.15, 0.2) is 78.9 Å². The Kier molecular flexibility index (Phi) is 11.5. The quantitative estimate of drug-likeness (QED) is 0.125. The van der Waals surface area contributed by atoms with Gasteiger partial charge in [-0.25, -0.2) is 9.18 Å². The van der Waals surface area contributed by atoms with Gasteiger partial charge in [0.05, 0.1) is 18.5 Å². The molecule has 2 aliphatic rings. The van der Waals surface area contributed by atoms with E-state index < -0.39 is 18.0 Å². The number of benzene rings is 4. The van der Waals surface area contributed by atoms with Gasteiger partial charge in [-0.3, -0.25) is 0 Å². The van der Waals surface area contributed by atoms with Gasteiger partial charge in [-0.05, 0) is 47.9 Å². The normalized spacial score (nSPS) is 16.9. The summed E-state index contributed by atoms with van der Waals surface area (Å²) in [6.07, 6.45) is 2.01. The number of carbonyl (C=O) groups is 1. The molecular formula is C41H42ClFN6O4. The second kappa shape index (κ2) is 16.8. The third kappa shape index (κ3) is 8.15. The third-order valence-corrected chi connectivity index (χ3v) is 10.4. The first-order valence-corrected chi connectivity index (χ1v) is 18.5. The minimum absolute atomic E-state index is 0.0899. The van der Waals surface area contributed by atoms with Crippen LogP contribution in [0, 0.1) is 17.1 Å². The number of halogens is 2. The largest absolute Gasteiger partial charge is 0.460 e. The molecule has 0 spiro atoms. The van der Waals surface area contributed by atoms with E-state index in [0.717, 1.165) is 61.8 Å². The molecule has 0 radical (unpaired) electrons. The number of hydrogen-bond donors (Lipinski definition) is 0. The molecule has 0 aliphatic carbocycles. The van der Waals surface area contributed by atoms with Crippen LogP contribution < -0.4 is 9.64 Å². The second-order valence-electron chi connectivity index (χ2n) is 13.5. The van der Waals surface area contributed by atoms with E-state index in [9.17, 15) is 10.1 Å². The van der Waals surface area contributed by atoms with Crippen LogP contribution in [0.25, 0.3) is 32.8 Å². The van der Waals surface area contributed by atoms with Crippen molar-refractivity contribution in [2.24, 2.45) is 0 Å². The Balaban J connectivity index is 1.21. The molecule has 0 bridgehead atoms. The molecule has 2 aliphatic heterocycles. The smallest absolute Gasteiger partial charge is 0.410 e. The van der Waals surface area contributed by atoms with Crippen molar-refractivity contribution in [1.82, 2.24) is 19.8 Å². The zero-order valence-electron chi connectivity index (χ0n) is 29.7. The summed E-state index contributed by atoms with van der Waals surface area (Å²) < 4.78 is 34.3. The highest BCUT2D eigenvalue weighted by atomic mass is 35.5. The number of fused-ring (bicyclic) bond motifs is 2. The molecule has 12 heteroatoms. The van der Waals surface area contributed by atoms with Gasteiger partial charge < -0.3 is 28.9 Å². The van der Waals surface area contributed by atoms with E-state index in [1.807, 2.05) is 71.6 Å². The van der Waals surface area contributed by atoms with E-state index in [0.29, 0.717) is 40.4 Å². The molecule has 1 amide bonds. The van der Waals surface area contributed by atoms with Gasteiger partial charge in [-0.1, -0.05) is 78.3 Å². The summed E-state index contributed by atoms with van der Waals surface area (Å²) in [6.45, 7) is 4.52. The summed E-state index contributed by atoms with van der Waals surface area (Å²) in [4.78, 5) is 28.9. The van der Waals surface area contributed by atoms with Crippen LogP contribution in [0.4, 0.5) is 15.0 Å². The summed E-state index contributed by atoms with van der Waals surface area (Å²) in [5.74, 6) is -0.0169. The molecule has 2 saturated heterocycles. The molecule has 10 nitrogen and oxygen atoms in total. The maximum atomic E-state index is 17.0. The van der Waals surface area contributed by atoms with Crippen LogP contribution in [0.5, 0.6) is 6.01 Å². The van der Waals surface area contributed by atoms with Crippen LogP contribution in [0.3, 0.4) is 0 Å². The van der Waals surface area contributed by atoms with Crippen LogP contribution >= 0.6 is 11.6 Å². The second-order valence-corrected chi connectivity index (χ2v) is 13.9. The number of anilines is 1. The van der Waals surface area contributed by atoms with Crippen LogP contribution in [-0.2, 0) is 16.1 Å². The fraction of sp³-hybridized carbons (Fsp3) is 0.366. The maximum absolute atomic E-state index is 17.0. The SMILES string of the molecule is COCCCN1CCC(Oc2nc(N3CCN(C(=O)OCc4ccccc4)[C@@H](CC#N)C3)c3ccc(-c4cccc5cccc(Cl)c45)c(F)c3n2)CC1. The van der Waals surface area contributed by atoms with Crippen molar-refractivity contribution in [2.75, 3.05) is 57.9 Å². The van der Waals surface area contributed by atoms with E-state index in [1.165, 1.54) is 0 Å². The fourth-order valence-corrected chi connectivity index (χ4v) is 7.63. The highest BCUT2D eigenvalue weighted by Crippen LogP contribution is 2.39. The lowest BCUT2D eigenvalue weighted by molar-refractivity contribution is 0.0765. The van der Waals surface area contributed by atoms with E-state index in [1.54, 1.807) is 24.1 Å². The molecular weight excluding hydrogens is 695 g/mol. The van der Waals surface area contributed by atoms with E-state index in [4.69, 9.17) is 35.8 Å². The Bertz CT molecular complexity index is 2100. The topological polar surface area (TPSA) is 104 Å². The predicted molar refractivity (Wildman–Crippen MR) is 204 cm³/mol. The first-order chi connectivity index (χ1) is 25.9. The Morgan fingerprint density at radius 2 is 1.75 bits per heavy atom. The minimum Gasteiger partial charge on any atom is -0.460 e. The number of aromatic nitrogens is 2. The third-order valence-electron chi connectivity index (χ3n) is 10.1. The monoisotopic (exact) mass is 736 g/mol. The zero-order chi connectivity index (χ0) is 36.7. The Morgan fingerprint density at radius 1 is 0.962 bits per heavy atom. The molecule has 2 fully saturated rings. The summed E-state index contributed by atoms with van der Waals surface area (Å²) in [5, 5.41) is 12.5. The van der Waals surface area contributed by atoms with E-state index in [2.05, 4.69) is 11.0 Å². The number of methoxy groups -OCH3 is 1. The summed E-state index contributed by atoms with van der Waals surface area (Å²) in [5.41, 5.74) is 2.03. The van der Waals surface area contributed by atoms with Crippen LogP contribution in [0.2, 0.25) is 5.02 Å². The number of likely N-dealkylation sites (tertiary alicyclic amines) is 1. The predicted octanol–water partition coefficient (Wildman–Crippen LogP) is 7.86. The molecule has 1 atom stereocenters. The van der Waals surface area contributed by atoms with Gasteiger partial charge >= 0.3 is 12.1 Å². The summed E-state index contributed by atoms with van der Waals surface area (Å²) >= 11 is 6.67. The lowest BCUT2D eigenvalue weighted by atomic mass is 9.96.